The molecule has 0 aliphatic carbocycles. The molecule has 0 saturated heterocycles. The van der Waals surface area contributed by atoms with Crippen LogP contribution in [0.5, 0.6) is 0 Å². The molecule has 120 valence electrons. The number of benzene rings is 1. The second-order valence-corrected chi connectivity index (χ2v) is 7.71. The van der Waals surface area contributed by atoms with Gasteiger partial charge in [-0.05, 0) is 36.6 Å². The van der Waals surface area contributed by atoms with Crippen LogP contribution < -0.4 is 4.31 Å². The summed E-state index contributed by atoms with van der Waals surface area (Å²) in [7, 11) is -3.95. The highest BCUT2D eigenvalue weighted by molar-refractivity contribution is 7.94. The number of sulfonamides is 1. The summed E-state index contributed by atoms with van der Waals surface area (Å²) in [5.74, 6) is 0. The second kappa shape index (κ2) is 6.10. The highest BCUT2D eigenvalue weighted by Crippen LogP contribution is 2.37. The van der Waals surface area contributed by atoms with E-state index in [-0.39, 0.29) is 21.5 Å². The number of nitrogens with zero attached hydrogens (tertiary/aromatic N) is 1. The molecule has 2 aromatic rings. The monoisotopic (exact) mass is 369 g/mol. The maximum atomic E-state index is 12.8. The summed E-state index contributed by atoms with van der Waals surface area (Å²) in [4.78, 5) is 0. The van der Waals surface area contributed by atoms with Crippen molar-refractivity contribution in [3.63, 3.8) is 0 Å². The van der Waals surface area contributed by atoms with Crippen LogP contribution in [0.15, 0.2) is 39.9 Å². The van der Waals surface area contributed by atoms with Crippen LogP contribution in [0.4, 0.5) is 18.9 Å². The number of anilines is 1. The van der Waals surface area contributed by atoms with Crippen molar-refractivity contribution in [3.8, 4) is 0 Å². The first-order chi connectivity index (χ1) is 10.2. The molecule has 0 atom stereocenters. The average molecular weight is 370 g/mol. The molecule has 0 amide bonds. The molecule has 0 N–H and O–H groups in total. The minimum absolute atomic E-state index is 0.0404. The van der Waals surface area contributed by atoms with Gasteiger partial charge in [0.1, 0.15) is 4.21 Å². The first-order valence-corrected chi connectivity index (χ1v) is 8.80. The van der Waals surface area contributed by atoms with Gasteiger partial charge >= 0.3 is 6.18 Å². The Balaban J connectivity index is 2.57. The molecule has 0 saturated carbocycles. The molecular weight excluding hydrogens is 359 g/mol. The summed E-state index contributed by atoms with van der Waals surface area (Å²) in [6, 6.07) is 5.56. The Bertz CT molecular complexity index is 758. The van der Waals surface area contributed by atoms with Gasteiger partial charge in [-0.3, -0.25) is 4.31 Å². The van der Waals surface area contributed by atoms with E-state index >= 15 is 0 Å². The minimum Gasteiger partial charge on any atom is -0.264 e. The van der Waals surface area contributed by atoms with Crippen molar-refractivity contribution >= 4 is 38.6 Å². The van der Waals surface area contributed by atoms with Gasteiger partial charge in [0.25, 0.3) is 10.0 Å². The van der Waals surface area contributed by atoms with Gasteiger partial charge in [0.15, 0.2) is 0 Å². The molecular formula is C13H11ClF3NO2S2. The maximum Gasteiger partial charge on any atom is 0.416 e. The number of halogens is 4. The molecule has 2 rings (SSSR count). The number of hydrogen-bond acceptors (Lipinski definition) is 3. The van der Waals surface area contributed by atoms with E-state index in [0.717, 1.165) is 33.8 Å². The molecule has 0 spiro atoms. The van der Waals surface area contributed by atoms with E-state index in [1.807, 2.05) is 0 Å². The summed E-state index contributed by atoms with van der Waals surface area (Å²) in [6.45, 7) is 1.49. The number of hydrogen-bond donors (Lipinski definition) is 0. The molecule has 0 radical (unpaired) electrons. The molecule has 9 heteroatoms. The Morgan fingerprint density at radius 3 is 2.45 bits per heavy atom. The van der Waals surface area contributed by atoms with E-state index in [0.29, 0.717) is 0 Å². The summed E-state index contributed by atoms with van der Waals surface area (Å²) in [5.41, 5.74) is -1.14. The van der Waals surface area contributed by atoms with Gasteiger partial charge in [0.05, 0.1) is 16.3 Å². The standard InChI is InChI=1S/C13H11ClF3NO2S2/c1-2-18(22(19,20)12-4-3-7-21-12)11-8-9(13(15,16)17)5-6-10(11)14/h3-8H,2H2,1H3. The van der Waals surface area contributed by atoms with Crippen LogP contribution in [0.3, 0.4) is 0 Å². The fourth-order valence-corrected chi connectivity index (χ4v) is 4.73. The summed E-state index contributed by atoms with van der Waals surface area (Å²) >= 11 is 6.91. The lowest BCUT2D eigenvalue weighted by atomic mass is 10.2. The third-order valence-electron chi connectivity index (χ3n) is 2.87. The molecule has 1 aromatic heterocycles. The molecule has 1 aromatic carbocycles. The van der Waals surface area contributed by atoms with Crippen LogP contribution in [0, 0.1) is 0 Å². The fourth-order valence-electron chi connectivity index (χ4n) is 1.87. The Morgan fingerprint density at radius 1 is 1.27 bits per heavy atom. The van der Waals surface area contributed by atoms with Crippen molar-refractivity contribution < 1.29 is 21.6 Å². The van der Waals surface area contributed by atoms with E-state index in [1.165, 1.54) is 13.0 Å². The molecule has 0 aliphatic rings. The van der Waals surface area contributed by atoms with Crippen LogP contribution >= 0.6 is 22.9 Å². The quantitative estimate of drug-likeness (QED) is 0.787. The predicted octanol–water partition coefficient (Wildman–Crippen LogP) is 4.64. The maximum absolute atomic E-state index is 12.8. The fraction of sp³-hybridized carbons (Fsp3) is 0.231. The summed E-state index contributed by atoms with van der Waals surface area (Å²) in [6.07, 6.45) is -4.58. The zero-order chi connectivity index (χ0) is 16.5. The van der Waals surface area contributed by atoms with Gasteiger partial charge in [0, 0.05) is 6.54 Å². The predicted molar refractivity (Wildman–Crippen MR) is 81.0 cm³/mol. The van der Waals surface area contributed by atoms with E-state index in [1.54, 1.807) is 11.4 Å². The number of alkyl halides is 3. The van der Waals surface area contributed by atoms with Gasteiger partial charge in [-0.2, -0.15) is 13.2 Å². The number of rotatable bonds is 4. The van der Waals surface area contributed by atoms with Crippen molar-refractivity contribution in [1.29, 1.82) is 0 Å². The van der Waals surface area contributed by atoms with Crippen LogP contribution in [0.2, 0.25) is 5.02 Å². The lowest BCUT2D eigenvalue weighted by molar-refractivity contribution is -0.137. The molecule has 0 aliphatic heterocycles. The molecule has 22 heavy (non-hydrogen) atoms. The minimum atomic E-state index is -4.58. The molecule has 3 nitrogen and oxygen atoms in total. The Hall–Kier alpha value is -1.25. The molecule has 0 unspecified atom stereocenters. The topological polar surface area (TPSA) is 37.4 Å². The van der Waals surface area contributed by atoms with Crippen LogP contribution in [0.25, 0.3) is 0 Å². The second-order valence-electron chi connectivity index (χ2n) is 4.27. The van der Waals surface area contributed by atoms with Crippen LogP contribution in [-0.2, 0) is 16.2 Å². The SMILES string of the molecule is CCN(c1cc(C(F)(F)F)ccc1Cl)S(=O)(=O)c1cccs1. The Kier molecular flexibility index (Phi) is 4.74. The molecule has 0 fully saturated rings. The van der Waals surface area contributed by atoms with E-state index in [9.17, 15) is 21.6 Å². The van der Waals surface area contributed by atoms with E-state index in [2.05, 4.69) is 0 Å². The largest absolute Gasteiger partial charge is 0.416 e. The van der Waals surface area contributed by atoms with Gasteiger partial charge in [-0.15, -0.1) is 11.3 Å². The third-order valence-corrected chi connectivity index (χ3v) is 6.45. The molecule has 0 bridgehead atoms. The number of thiophene rings is 1. The average Bonchev–Trinajstić information content (AvgIpc) is 2.94. The smallest absolute Gasteiger partial charge is 0.264 e. The third kappa shape index (κ3) is 3.23. The van der Waals surface area contributed by atoms with Crippen molar-refractivity contribution in [2.75, 3.05) is 10.8 Å². The van der Waals surface area contributed by atoms with E-state index in [4.69, 9.17) is 11.6 Å². The highest BCUT2D eigenvalue weighted by Gasteiger charge is 2.33. The Labute approximate surface area is 135 Å². The van der Waals surface area contributed by atoms with Crippen molar-refractivity contribution in [2.45, 2.75) is 17.3 Å². The Morgan fingerprint density at radius 2 is 1.95 bits per heavy atom. The van der Waals surface area contributed by atoms with Crippen LogP contribution in [-0.4, -0.2) is 15.0 Å². The normalized spacial score (nSPS) is 12.4. The first kappa shape index (κ1) is 17.1. The van der Waals surface area contributed by atoms with Crippen molar-refractivity contribution in [3.05, 3.63) is 46.3 Å². The van der Waals surface area contributed by atoms with E-state index < -0.39 is 21.8 Å². The zero-order valence-electron chi connectivity index (χ0n) is 11.3. The summed E-state index contributed by atoms with van der Waals surface area (Å²) in [5, 5.41) is 1.52. The van der Waals surface area contributed by atoms with Crippen LogP contribution in [0.1, 0.15) is 12.5 Å². The lowest BCUT2D eigenvalue weighted by Crippen LogP contribution is -2.30. The molecule has 1 heterocycles. The van der Waals surface area contributed by atoms with Crippen molar-refractivity contribution in [1.82, 2.24) is 0 Å². The highest BCUT2D eigenvalue weighted by atomic mass is 35.5. The first-order valence-electron chi connectivity index (χ1n) is 6.11. The zero-order valence-corrected chi connectivity index (χ0v) is 13.7. The summed E-state index contributed by atoms with van der Waals surface area (Å²) < 4.78 is 64.5. The lowest BCUT2D eigenvalue weighted by Gasteiger charge is -2.24. The van der Waals surface area contributed by atoms with Gasteiger partial charge in [-0.1, -0.05) is 17.7 Å². The van der Waals surface area contributed by atoms with Gasteiger partial charge in [-0.25, -0.2) is 8.42 Å². The van der Waals surface area contributed by atoms with Gasteiger partial charge in [0.2, 0.25) is 0 Å². The van der Waals surface area contributed by atoms with Gasteiger partial charge < -0.3 is 0 Å². The van der Waals surface area contributed by atoms with Crippen molar-refractivity contribution in [2.24, 2.45) is 0 Å².